The molecule has 1 N–H and O–H groups in total. The van der Waals surface area contributed by atoms with Crippen LogP contribution < -0.4 is 0 Å². The van der Waals surface area contributed by atoms with Gasteiger partial charge in [-0.25, -0.2) is 0 Å². The van der Waals surface area contributed by atoms with E-state index in [1.165, 1.54) is 0 Å². The van der Waals surface area contributed by atoms with E-state index in [9.17, 15) is 9.59 Å². The molecule has 26 heavy (non-hydrogen) atoms. The number of carbonyl (C=O) groups excluding carboxylic acids is 2. The van der Waals surface area contributed by atoms with E-state index in [-0.39, 0.29) is 11.8 Å². The lowest BCUT2D eigenvalue weighted by molar-refractivity contribution is -0.139. The van der Waals surface area contributed by atoms with E-state index in [1.807, 2.05) is 4.90 Å². The molecule has 2 aliphatic heterocycles. The van der Waals surface area contributed by atoms with Crippen molar-refractivity contribution in [2.45, 2.75) is 51.4 Å². The van der Waals surface area contributed by atoms with Crippen molar-refractivity contribution >= 4 is 11.8 Å². The summed E-state index contributed by atoms with van der Waals surface area (Å²) in [6.07, 6.45) is 2.64. The molecule has 1 aromatic heterocycles. The predicted molar refractivity (Wildman–Crippen MR) is 97.9 cm³/mol. The first-order chi connectivity index (χ1) is 12.5. The molecule has 0 aliphatic carbocycles. The number of hydrogen-bond donors (Lipinski definition) is 1. The van der Waals surface area contributed by atoms with Crippen molar-refractivity contribution in [1.82, 2.24) is 20.0 Å². The van der Waals surface area contributed by atoms with Gasteiger partial charge in [0.2, 0.25) is 11.8 Å². The molecule has 0 saturated carbocycles. The number of carbonyl (C=O) groups is 2. The summed E-state index contributed by atoms with van der Waals surface area (Å²) in [6, 6.07) is 2.13. The van der Waals surface area contributed by atoms with Gasteiger partial charge in [-0.2, -0.15) is 5.10 Å². The number of amides is 2. The second kappa shape index (κ2) is 8.66. The zero-order chi connectivity index (χ0) is 18.5. The van der Waals surface area contributed by atoms with Crippen molar-refractivity contribution in [3.05, 3.63) is 17.5 Å². The number of aromatic nitrogens is 2. The molecule has 2 amide bonds. The zero-order valence-electron chi connectivity index (χ0n) is 15.9. The molecule has 7 nitrogen and oxygen atoms in total. The highest BCUT2D eigenvalue weighted by atomic mass is 16.5. The third-order valence-electron chi connectivity index (χ3n) is 5.34. The van der Waals surface area contributed by atoms with Gasteiger partial charge in [-0.05, 0) is 24.8 Å². The van der Waals surface area contributed by atoms with Gasteiger partial charge in [0.1, 0.15) is 0 Å². The molecule has 2 aliphatic rings. The number of ether oxygens (including phenoxy) is 1. The Morgan fingerprint density at radius 2 is 1.88 bits per heavy atom. The molecule has 144 valence electrons. The standard InChI is InChI=1S/C19H30N4O3/c1-14(2)16-12-17(21-20-16)15-4-3-7-23(13-15)19(25)6-5-18(24)22-8-10-26-11-9-22/h12,14-15H,3-11,13H2,1-2H3,(H,20,21). The summed E-state index contributed by atoms with van der Waals surface area (Å²) in [7, 11) is 0. The van der Waals surface area contributed by atoms with Crippen LogP contribution in [0.25, 0.3) is 0 Å². The number of piperidine rings is 1. The van der Waals surface area contributed by atoms with Gasteiger partial charge in [0.25, 0.3) is 0 Å². The molecule has 0 radical (unpaired) electrons. The number of likely N-dealkylation sites (tertiary alicyclic amines) is 1. The highest BCUT2D eigenvalue weighted by molar-refractivity contribution is 5.84. The summed E-state index contributed by atoms with van der Waals surface area (Å²) in [5, 5.41) is 7.53. The largest absolute Gasteiger partial charge is 0.378 e. The molecular weight excluding hydrogens is 332 g/mol. The minimum absolute atomic E-state index is 0.0605. The Bertz CT molecular complexity index is 622. The van der Waals surface area contributed by atoms with Crippen molar-refractivity contribution in [3.8, 4) is 0 Å². The van der Waals surface area contributed by atoms with Gasteiger partial charge in [0.15, 0.2) is 0 Å². The van der Waals surface area contributed by atoms with Crippen LogP contribution in [0, 0.1) is 0 Å². The number of morpholine rings is 1. The molecule has 1 aromatic rings. The SMILES string of the molecule is CC(C)c1cc(C2CCCN(C(=O)CCC(=O)N3CCOCC3)C2)[nH]n1. The fourth-order valence-electron chi connectivity index (χ4n) is 3.66. The van der Waals surface area contributed by atoms with Crippen LogP contribution in [0.2, 0.25) is 0 Å². The molecule has 1 atom stereocenters. The summed E-state index contributed by atoms with van der Waals surface area (Å²) in [5.74, 6) is 0.848. The van der Waals surface area contributed by atoms with E-state index in [4.69, 9.17) is 4.74 Å². The van der Waals surface area contributed by atoms with Crippen LogP contribution in [0.3, 0.4) is 0 Å². The lowest BCUT2D eigenvalue weighted by Crippen LogP contribution is -2.42. The Kier molecular flexibility index (Phi) is 6.29. The maximum atomic E-state index is 12.6. The van der Waals surface area contributed by atoms with E-state index in [2.05, 4.69) is 30.1 Å². The van der Waals surface area contributed by atoms with Crippen LogP contribution in [-0.2, 0) is 14.3 Å². The third kappa shape index (κ3) is 4.63. The van der Waals surface area contributed by atoms with Gasteiger partial charge in [0.05, 0.1) is 18.9 Å². The Morgan fingerprint density at radius 3 is 2.54 bits per heavy atom. The number of rotatable bonds is 5. The molecule has 3 rings (SSSR count). The minimum Gasteiger partial charge on any atom is -0.378 e. The summed E-state index contributed by atoms with van der Waals surface area (Å²) in [5.41, 5.74) is 2.19. The van der Waals surface area contributed by atoms with Crippen molar-refractivity contribution in [3.63, 3.8) is 0 Å². The Morgan fingerprint density at radius 1 is 1.19 bits per heavy atom. The normalized spacial score (nSPS) is 21.3. The smallest absolute Gasteiger partial charge is 0.223 e. The first-order valence-corrected chi connectivity index (χ1v) is 9.73. The molecule has 1 unspecified atom stereocenters. The van der Waals surface area contributed by atoms with E-state index < -0.39 is 0 Å². The zero-order valence-corrected chi connectivity index (χ0v) is 15.9. The maximum absolute atomic E-state index is 12.6. The van der Waals surface area contributed by atoms with E-state index in [1.54, 1.807) is 4.90 Å². The van der Waals surface area contributed by atoms with Crippen molar-refractivity contribution in [1.29, 1.82) is 0 Å². The summed E-state index contributed by atoms with van der Waals surface area (Å²) in [4.78, 5) is 28.5. The van der Waals surface area contributed by atoms with Crippen molar-refractivity contribution in [2.24, 2.45) is 0 Å². The number of aromatic amines is 1. The second-order valence-corrected chi connectivity index (χ2v) is 7.57. The van der Waals surface area contributed by atoms with Crippen molar-refractivity contribution in [2.75, 3.05) is 39.4 Å². The van der Waals surface area contributed by atoms with E-state index >= 15 is 0 Å². The molecule has 3 heterocycles. The van der Waals surface area contributed by atoms with E-state index in [0.717, 1.165) is 30.8 Å². The van der Waals surface area contributed by atoms with Gasteiger partial charge in [-0.1, -0.05) is 13.8 Å². The number of H-pyrrole nitrogens is 1. The predicted octanol–water partition coefficient (Wildman–Crippen LogP) is 1.88. The quantitative estimate of drug-likeness (QED) is 0.867. The first-order valence-electron chi connectivity index (χ1n) is 9.73. The number of nitrogens with one attached hydrogen (secondary N) is 1. The lowest BCUT2D eigenvalue weighted by atomic mass is 9.94. The van der Waals surface area contributed by atoms with Crippen LogP contribution in [0.1, 0.15) is 62.8 Å². The Hall–Kier alpha value is -1.89. The molecule has 2 fully saturated rings. The maximum Gasteiger partial charge on any atom is 0.223 e. The van der Waals surface area contributed by atoms with Gasteiger partial charge in [0, 0.05) is 50.6 Å². The average Bonchev–Trinajstić information content (AvgIpc) is 3.17. The summed E-state index contributed by atoms with van der Waals surface area (Å²) >= 11 is 0. The molecule has 0 bridgehead atoms. The fraction of sp³-hybridized carbons (Fsp3) is 0.737. The fourth-order valence-corrected chi connectivity index (χ4v) is 3.66. The van der Waals surface area contributed by atoms with E-state index in [0.29, 0.717) is 57.5 Å². The first kappa shape index (κ1) is 18.9. The average molecular weight is 362 g/mol. The van der Waals surface area contributed by atoms with Gasteiger partial charge >= 0.3 is 0 Å². The van der Waals surface area contributed by atoms with Crippen LogP contribution in [0.4, 0.5) is 0 Å². The molecular formula is C19H30N4O3. The molecule has 2 saturated heterocycles. The number of hydrogen-bond acceptors (Lipinski definition) is 4. The topological polar surface area (TPSA) is 78.5 Å². The van der Waals surface area contributed by atoms with Crippen LogP contribution in [-0.4, -0.2) is 71.2 Å². The van der Waals surface area contributed by atoms with Crippen LogP contribution in [0.15, 0.2) is 6.07 Å². The third-order valence-corrected chi connectivity index (χ3v) is 5.34. The van der Waals surface area contributed by atoms with Crippen LogP contribution >= 0.6 is 0 Å². The molecule has 0 aromatic carbocycles. The van der Waals surface area contributed by atoms with Crippen molar-refractivity contribution < 1.29 is 14.3 Å². The number of nitrogens with zero attached hydrogens (tertiary/aromatic N) is 3. The monoisotopic (exact) mass is 362 g/mol. The van der Waals surface area contributed by atoms with Gasteiger partial charge in [-0.3, -0.25) is 14.7 Å². The minimum atomic E-state index is 0.0605. The van der Waals surface area contributed by atoms with Gasteiger partial charge < -0.3 is 14.5 Å². The highest BCUT2D eigenvalue weighted by Gasteiger charge is 2.27. The molecule has 7 heteroatoms. The Balaban J connectivity index is 1.50. The summed E-state index contributed by atoms with van der Waals surface area (Å²) < 4.78 is 5.26. The van der Waals surface area contributed by atoms with Gasteiger partial charge in [-0.15, -0.1) is 0 Å². The Labute approximate surface area is 155 Å². The van der Waals surface area contributed by atoms with Crippen LogP contribution in [0.5, 0.6) is 0 Å². The highest BCUT2D eigenvalue weighted by Crippen LogP contribution is 2.27. The molecule has 0 spiro atoms. The lowest BCUT2D eigenvalue weighted by Gasteiger charge is -2.32. The summed E-state index contributed by atoms with van der Waals surface area (Å²) in [6.45, 7) is 8.21. The second-order valence-electron chi connectivity index (χ2n) is 7.57.